The maximum absolute atomic E-state index is 13.6. The number of rotatable bonds is 6. The van der Waals surface area contributed by atoms with Gasteiger partial charge in [-0.25, -0.2) is 12.8 Å². The topological polar surface area (TPSA) is 88.4 Å². The molecule has 0 unspecified atom stereocenters. The lowest BCUT2D eigenvalue weighted by Gasteiger charge is -2.15. The molecular weight excluding hydrogens is 455 g/mol. The first kappa shape index (κ1) is 24.0. The smallest absolute Gasteiger partial charge is 0.257 e. The molecule has 170 valence electrons. The first-order valence-electron chi connectivity index (χ1n) is 9.85. The van der Waals surface area contributed by atoms with E-state index in [1.54, 1.807) is 32.9 Å². The molecule has 0 bridgehead atoms. The molecule has 2 N–H and O–H groups in total. The van der Waals surface area contributed by atoms with Crippen molar-refractivity contribution in [2.24, 2.45) is 0 Å². The summed E-state index contributed by atoms with van der Waals surface area (Å²) in [4.78, 5) is 13.0. The van der Waals surface area contributed by atoms with E-state index in [1.807, 2.05) is 4.57 Å². The molecule has 0 spiro atoms. The SMILES string of the molecule is Cc1cc(F)ccc1-n1c(C[C@H](C)O)cc(C(=O)Nc2ccc(S(C)(=O)=O)c(Cl)c2)c1C. The minimum Gasteiger partial charge on any atom is -0.393 e. The van der Waals surface area contributed by atoms with Crippen molar-refractivity contribution in [3.8, 4) is 5.69 Å². The van der Waals surface area contributed by atoms with Gasteiger partial charge in [-0.3, -0.25) is 4.79 Å². The Hall–Kier alpha value is -2.68. The number of hydrogen-bond acceptors (Lipinski definition) is 4. The number of carbonyl (C=O) groups is 1. The summed E-state index contributed by atoms with van der Waals surface area (Å²) in [6, 6.07) is 10.3. The molecule has 1 amide bonds. The summed E-state index contributed by atoms with van der Waals surface area (Å²) in [6.45, 7) is 5.19. The molecule has 0 saturated carbocycles. The number of aromatic nitrogens is 1. The highest BCUT2D eigenvalue weighted by Gasteiger charge is 2.21. The monoisotopic (exact) mass is 478 g/mol. The first-order chi connectivity index (χ1) is 14.9. The Morgan fingerprint density at radius 1 is 1.19 bits per heavy atom. The zero-order valence-corrected chi connectivity index (χ0v) is 19.7. The van der Waals surface area contributed by atoms with Gasteiger partial charge in [0, 0.05) is 35.4 Å². The number of nitrogens with zero attached hydrogens (tertiary/aromatic N) is 1. The molecule has 1 atom stereocenters. The number of hydrogen-bond donors (Lipinski definition) is 2. The Kier molecular flexibility index (Phi) is 6.78. The zero-order chi connectivity index (χ0) is 23.8. The van der Waals surface area contributed by atoms with Gasteiger partial charge in [-0.15, -0.1) is 0 Å². The lowest BCUT2D eigenvalue weighted by molar-refractivity contribution is 0.102. The highest BCUT2D eigenvalue weighted by atomic mass is 35.5. The van der Waals surface area contributed by atoms with E-state index in [9.17, 15) is 22.7 Å². The fourth-order valence-electron chi connectivity index (χ4n) is 3.64. The summed E-state index contributed by atoms with van der Waals surface area (Å²) in [6.07, 6.45) is 0.696. The number of carbonyl (C=O) groups excluding carboxylic acids is 1. The summed E-state index contributed by atoms with van der Waals surface area (Å²) in [5, 5.41) is 12.7. The highest BCUT2D eigenvalue weighted by molar-refractivity contribution is 7.90. The number of nitrogens with one attached hydrogen (secondary N) is 1. The Balaban J connectivity index is 2.02. The maximum Gasteiger partial charge on any atom is 0.257 e. The molecule has 32 heavy (non-hydrogen) atoms. The Labute approximate surface area is 191 Å². The van der Waals surface area contributed by atoms with Crippen molar-refractivity contribution in [3.05, 3.63) is 75.8 Å². The molecule has 3 aromatic rings. The number of benzene rings is 2. The molecule has 0 saturated heterocycles. The van der Waals surface area contributed by atoms with Gasteiger partial charge in [0.05, 0.1) is 21.6 Å². The second kappa shape index (κ2) is 9.05. The summed E-state index contributed by atoms with van der Waals surface area (Å²) in [5.74, 6) is -0.781. The molecule has 1 heterocycles. The molecule has 0 fully saturated rings. The van der Waals surface area contributed by atoms with Crippen molar-refractivity contribution >= 4 is 33.0 Å². The molecule has 0 aliphatic rings. The number of aryl methyl sites for hydroxylation is 1. The molecular formula is C23H24ClFN2O4S. The summed E-state index contributed by atoms with van der Waals surface area (Å²) < 4.78 is 38.9. The van der Waals surface area contributed by atoms with Gasteiger partial charge in [0.2, 0.25) is 0 Å². The largest absolute Gasteiger partial charge is 0.393 e. The Morgan fingerprint density at radius 2 is 1.88 bits per heavy atom. The van der Waals surface area contributed by atoms with E-state index in [-0.39, 0.29) is 15.7 Å². The second-order valence-electron chi connectivity index (χ2n) is 7.83. The summed E-state index contributed by atoms with van der Waals surface area (Å²) in [7, 11) is -3.49. The molecule has 1 aromatic heterocycles. The number of halogens is 2. The lowest BCUT2D eigenvalue weighted by Crippen LogP contribution is -2.14. The third kappa shape index (κ3) is 5.03. The number of sulfone groups is 1. The van der Waals surface area contributed by atoms with E-state index in [2.05, 4.69) is 5.32 Å². The van der Waals surface area contributed by atoms with Gasteiger partial charge in [0.25, 0.3) is 5.91 Å². The van der Waals surface area contributed by atoms with Crippen LogP contribution in [0.3, 0.4) is 0 Å². The van der Waals surface area contributed by atoms with Gasteiger partial charge < -0.3 is 15.0 Å². The molecule has 0 aliphatic heterocycles. The zero-order valence-electron chi connectivity index (χ0n) is 18.1. The van der Waals surface area contributed by atoms with Crippen LogP contribution in [0.1, 0.15) is 34.2 Å². The van der Waals surface area contributed by atoms with Crippen LogP contribution in [0.25, 0.3) is 5.69 Å². The maximum atomic E-state index is 13.6. The quantitative estimate of drug-likeness (QED) is 0.547. The van der Waals surface area contributed by atoms with E-state index < -0.39 is 21.8 Å². The minimum atomic E-state index is -3.49. The van der Waals surface area contributed by atoms with Gasteiger partial charge >= 0.3 is 0 Å². The molecule has 0 radical (unpaired) electrons. The van der Waals surface area contributed by atoms with E-state index in [0.717, 1.165) is 6.26 Å². The summed E-state index contributed by atoms with van der Waals surface area (Å²) in [5.41, 5.74) is 3.42. The normalized spacial score (nSPS) is 12.6. The van der Waals surface area contributed by atoms with Crippen LogP contribution in [0.15, 0.2) is 47.4 Å². The number of aliphatic hydroxyl groups excluding tert-OH is 1. The average Bonchev–Trinajstić information content (AvgIpc) is 2.96. The van der Waals surface area contributed by atoms with Crippen molar-refractivity contribution in [1.82, 2.24) is 4.57 Å². The van der Waals surface area contributed by atoms with Gasteiger partial charge in [-0.1, -0.05) is 11.6 Å². The third-order valence-electron chi connectivity index (χ3n) is 5.06. The average molecular weight is 479 g/mol. The van der Waals surface area contributed by atoms with E-state index in [0.29, 0.717) is 40.3 Å². The van der Waals surface area contributed by atoms with Crippen LogP contribution in [0.5, 0.6) is 0 Å². The number of amides is 1. The van der Waals surface area contributed by atoms with Gasteiger partial charge in [0.1, 0.15) is 5.82 Å². The van der Waals surface area contributed by atoms with Crippen LogP contribution < -0.4 is 5.32 Å². The van der Waals surface area contributed by atoms with Crippen molar-refractivity contribution < 1.29 is 22.7 Å². The Morgan fingerprint density at radius 3 is 2.44 bits per heavy atom. The number of aliphatic hydroxyl groups is 1. The van der Waals surface area contributed by atoms with Crippen LogP contribution in [0.2, 0.25) is 5.02 Å². The van der Waals surface area contributed by atoms with Crippen LogP contribution >= 0.6 is 11.6 Å². The molecule has 6 nitrogen and oxygen atoms in total. The highest BCUT2D eigenvalue weighted by Crippen LogP contribution is 2.28. The predicted molar refractivity (Wildman–Crippen MR) is 123 cm³/mol. The molecule has 2 aromatic carbocycles. The van der Waals surface area contributed by atoms with Crippen molar-refractivity contribution in [3.63, 3.8) is 0 Å². The van der Waals surface area contributed by atoms with E-state index in [1.165, 1.54) is 30.3 Å². The summed E-state index contributed by atoms with van der Waals surface area (Å²) >= 11 is 6.08. The van der Waals surface area contributed by atoms with Gasteiger partial charge in [0.15, 0.2) is 9.84 Å². The molecule has 0 aliphatic carbocycles. The molecule has 9 heteroatoms. The van der Waals surface area contributed by atoms with Crippen LogP contribution in [0, 0.1) is 19.7 Å². The molecule has 3 rings (SSSR count). The van der Waals surface area contributed by atoms with Gasteiger partial charge in [-0.2, -0.15) is 0 Å². The fourth-order valence-corrected chi connectivity index (χ4v) is 4.97. The van der Waals surface area contributed by atoms with Gasteiger partial charge in [-0.05, 0) is 68.8 Å². The second-order valence-corrected chi connectivity index (χ2v) is 10.2. The first-order valence-corrected chi connectivity index (χ1v) is 12.1. The van der Waals surface area contributed by atoms with Crippen molar-refractivity contribution in [1.29, 1.82) is 0 Å². The standard InChI is InChI=1S/C23H24ClFN2O4S/c1-13-9-16(25)5-7-21(13)27-15(3)19(12-18(27)10-14(2)28)23(29)26-17-6-8-22(20(24)11-17)32(4,30)31/h5-9,11-12,14,28H,10H2,1-4H3,(H,26,29)/t14-/m0/s1. The third-order valence-corrected chi connectivity index (χ3v) is 6.64. The van der Waals surface area contributed by atoms with E-state index >= 15 is 0 Å². The van der Waals surface area contributed by atoms with E-state index in [4.69, 9.17) is 11.6 Å². The lowest BCUT2D eigenvalue weighted by atomic mass is 10.1. The van der Waals surface area contributed by atoms with Crippen LogP contribution in [0.4, 0.5) is 10.1 Å². The van der Waals surface area contributed by atoms with Crippen LogP contribution in [-0.2, 0) is 16.3 Å². The Bertz CT molecular complexity index is 1300. The predicted octanol–water partition coefficient (Wildman–Crippen LogP) is 4.47. The van der Waals surface area contributed by atoms with Crippen molar-refractivity contribution in [2.45, 2.75) is 38.2 Å². The fraction of sp³-hybridized carbons (Fsp3) is 0.261. The van der Waals surface area contributed by atoms with Crippen LogP contribution in [-0.4, -0.2) is 36.4 Å². The number of anilines is 1. The van der Waals surface area contributed by atoms with Crippen molar-refractivity contribution in [2.75, 3.05) is 11.6 Å². The minimum absolute atomic E-state index is 0.0105.